The molecule has 1 saturated heterocycles. The summed E-state index contributed by atoms with van der Waals surface area (Å²) in [7, 11) is -2.16. The van der Waals surface area contributed by atoms with E-state index in [9.17, 15) is 13.2 Å². The SMILES string of the molecule is CC(C)N(C)S(=O)(=O)c1ccc2c(c1)/C(=C(/Nc1ccc(N3CCNCC3)cc1)c1ccccc1)C(=O)N2. The molecule has 0 unspecified atom stereocenters. The van der Waals surface area contributed by atoms with Crippen LogP contribution in [-0.4, -0.2) is 57.9 Å². The van der Waals surface area contributed by atoms with E-state index in [1.54, 1.807) is 25.2 Å². The Labute approximate surface area is 224 Å². The van der Waals surface area contributed by atoms with Gasteiger partial charge in [0.25, 0.3) is 5.91 Å². The van der Waals surface area contributed by atoms with E-state index in [-0.39, 0.29) is 16.8 Å². The lowest BCUT2D eigenvalue weighted by molar-refractivity contribution is -0.110. The van der Waals surface area contributed by atoms with E-state index in [1.807, 2.05) is 56.3 Å². The molecule has 0 aromatic heterocycles. The fourth-order valence-corrected chi connectivity index (χ4v) is 6.10. The van der Waals surface area contributed by atoms with Crippen LogP contribution >= 0.6 is 0 Å². The van der Waals surface area contributed by atoms with Crippen molar-refractivity contribution in [2.45, 2.75) is 24.8 Å². The molecule has 0 bridgehead atoms. The Balaban J connectivity index is 1.57. The number of carbonyl (C=O) groups excluding carboxylic acids is 1. The van der Waals surface area contributed by atoms with Gasteiger partial charge in [-0.05, 0) is 61.9 Å². The largest absolute Gasteiger partial charge is 0.369 e. The molecule has 0 radical (unpaired) electrons. The number of nitrogens with zero attached hydrogens (tertiary/aromatic N) is 2. The predicted octanol–water partition coefficient (Wildman–Crippen LogP) is 4.06. The van der Waals surface area contributed by atoms with Crippen molar-refractivity contribution in [3.05, 3.63) is 83.9 Å². The Morgan fingerprint density at radius 1 is 0.974 bits per heavy atom. The van der Waals surface area contributed by atoms with Gasteiger partial charge in [0.2, 0.25) is 10.0 Å². The zero-order valence-electron chi connectivity index (χ0n) is 21.9. The van der Waals surface area contributed by atoms with E-state index in [2.05, 4.69) is 33.0 Å². The first-order valence-corrected chi connectivity index (χ1v) is 14.3. The number of benzene rings is 3. The molecule has 3 N–H and O–H groups in total. The minimum Gasteiger partial charge on any atom is -0.369 e. The van der Waals surface area contributed by atoms with E-state index in [0.717, 1.165) is 43.1 Å². The molecule has 0 atom stereocenters. The lowest BCUT2D eigenvalue weighted by Gasteiger charge is -2.29. The fourth-order valence-electron chi connectivity index (χ4n) is 4.71. The molecule has 1 amide bonds. The van der Waals surface area contributed by atoms with E-state index in [4.69, 9.17) is 0 Å². The number of amides is 1. The summed E-state index contributed by atoms with van der Waals surface area (Å²) in [5.74, 6) is -0.282. The zero-order chi connectivity index (χ0) is 26.9. The first kappa shape index (κ1) is 26.0. The number of fused-ring (bicyclic) bond motifs is 1. The molecule has 5 rings (SSSR count). The van der Waals surface area contributed by atoms with E-state index >= 15 is 0 Å². The summed E-state index contributed by atoms with van der Waals surface area (Å²) in [5.41, 5.74) is 4.96. The second-order valence-electron chi connectivity index (χ2n) is 9.80. The molecule has 2 heterocycles. The summed E-state index contributed by atoms with van der Waals surface area (Å²) in [4.78, 5) is 15.8. The predicted molar refractivity (Wildman–Crippen MR) is 154 cm³/mol. The molecule has 2 aliphatic rings. The van der Waals surface area contributed by atoms with Gasteiger partial charge in [-0.2, -0.15) is 4.31 Å². The van der Waals surface area contributed by atoms with Gasteiger partial charge in [-0.25, -0.2) is 8.42 Å². The third-order valence-corrected chi connectivity index (χ3v) is 9.10. The summed E-state index contributed by atoms with van der Waals surface area (Å²) in [6.07, 6.45) is 0. The van der Waals surface area contributed by atoms with Gasteiger partial charge in [-0.15, -0.1) is 0 Å². The van der Waals surface area contributed by atoms with Gasteiger partial charge < -0.3 is 20.9 Å². The van der Waals surface area contributed by atoms with Crippen LogP contribution in [0.4, 0.5) is 17.1 Å². The molecular weight excluding hydrogens is 498 g/mol. The van der Waals surface area contributed by atoms with Crippen LogP contribution in [0.5, 0.6) is 0 Å². The van der Waals surface area contributed by atoms with Gasteiger partial charge in [-0.1, -0.05) is 30.3 Å². The van der Waals surface area contributed by atoms with Crippen LogP contribution in [0, 0.1) is 0 Å². The van der Waals surface area contributed by atoms with Crippen molar-refractivity contribution in [3.63, 3.8) is 0 Å². The third kappa shape index (κ3) is 5.05. The van der Waals surface area contributed by atoms with Gasteiger partial charge in [-0.3, -0.25) is 4.79 Å². The number of carbonyl (C=O) groups is 1. The van der Waals surface area contributed by atoms with Crippen molar-refractivity contribution in [1.82, 2.24) is 9.62 Å². The highest BCUT2D eigenvalue weighted by molar-refractivity contribution is 7.89. The maximum absolute atomic E-state index is 13.3. The molecule has 1 fully saturated rings. The molecule has 2 aliphatic heterocycles. The number of sulfonamides is 1. The highest BCUT2D eigenvalue weighted by atomic mass is 32.2. The molecule has 198 valence electrons. The first-order valence-electron chi connectivity index (χ1n) is 12.8. The normalized spacial score (nSPS) is 17.0. The topological polar surface area (TPSA) is 93.8 Å². The van der Waals surface area contributed by atoms with E-state index < -0.39 is 10.0 Å². The van der Waals surface area contributed by atoms with Crippen molar-refractivity contribution in [3.8, 4) is 0 Å². The van der Waals surface area contributed by atoms with Crippen molar-refractivity contribution in [2.24, 2.45) is 0 Å². The molecule has 3 aromatic rings. The summed E-state index contributed by atoms with van der Waals surface area (Å²) >= 11 is 0. The van der Waals surface area contributed by atoms with Crippen LogP contribution in [0.15, 0.2) is 77.7 Å². The Morgan fingerprint density at radius 3 is 2.32 bits per heavy atom. The Kier molecular flexibility index (Phi) is 7.25. The molecule has 0 spiro atoms. The van der Waals surface area contributed by atoms with Crippen molar-refractivity contribution < 1.29 is 13.2 Å². The summed E-state index contributed by atoms with van der Waals surface area (Å²) < 4.78 is 27.8. The maximum atomic E-state index is 13.3. The smallest absolute Gasteiger partial charge is 0.258 e. The minimum absolute atomic E-state index is 0.147. The van der Waals surface area contributed by atoms with Crippen molar-refractivity contribution >= 4 is 44.3 Å². The lowest BCUT2D eigenvalue weighted by Crippen LogP contribution is -2.43. The Bertz CT molecular complexity index is 1460. The number of piperazine rings is 1. The summed E-state index contributed by atoms with van der Waals surface area (Å²) in [5, 5.41) is 9.74. The Morgan fingerprint density at radius 2 is 1.66 bits per heavy atom. The van der Waals surface area contributed by atoms with Crippen LogP contribution in [0.2, 0.25) is 0 Å². The van der Waals surface area contributed by atoms with Crippen LogP contribution in [0.25, 0.3) is 11.3 Å². The summed E-state index contributed by atoms with van der Waals surface area (Å²) in [6, 6.07) is 22.4. The van der Waals surface area contributed by atoms with Crippen LogP contribution < -0.4 is 20.9 Å². The summed E-state index contributed by atoms with van der Waals surface area (Å²) in [6.45, 7) is 7.49. The second kappa shape index (κ2) is 10.6. The third-order valence-electron chi connectivity index (χ3n) is 7.07. The van der Waals surface area contributed by atoms with Crippen LogP contribution in [0.1, 0.15) is 25.0 Å². The number of rotatable bonds is 7. The Hall–Kier alpha value is -3.66. The fraction of sp³-hybridized carbons (Fsp3) is 0.276. The molecule has 9 heteroatoms. The molecule has 38 heavy (non-hydrogen) atoms. The average Bonchev–Trinajstić information content (AvgIpc) is 3.27. The molecule has 0 aliphatic carbocycles. The first-order chi connectivity index (χ1) is 18.3. The number of hydrogen-bond acceptors (Lipinski definition) is 6. The van der Waals surface area contributed by atoms with Crippen molar-refractivity contribution in [1.29, 1.82) is 0 Å². The number of hydrogen-bond donors (Lipinski definition) is 3. The monoisotopic (exact) mass is 531 g/mol. The number of nitrogens with one attached hydrogen (secondary N) is 3. The van der Waals surface area contributed by atoms with E-state index in [0.29, 0.717) is 22.5 Å². The van der Waals surface area contributed by atoms with Gasteiger partial charge >= 0.3 is 0 Å². The lowest BCUT2D eigenvalue weighted by atomic mass is 10.00. The van der Waals surface area contributed by atoms with Crippen LogP contribution in [0.3, 0.4) is 0 Å². The van der Waals surface area contributed by atoms with Gasteiger partial charge in [0.1, 0.15) is 0 Å². The molecule has 3 aromatic carbocycles. The standard InChI is InChI=1S/C29H33N5O3S/c1-20(2)33(3)38(36,37)24-13-14-26-25(19-24)27(29(35)32-26)28(21-7-5-4-6-8-21)31-22-9-11-23(12-10-22)34-17-15-30-16-18-34/h4-14,19-20,30-31H,15-18H2,1-3H3,(H,32,35)/b28-27-. The second-order valence-corrected chi connectivity index (χ2v) is 11.8. The quantitative estimate of drug-likeness (QED) is 0.398. The molecule has 0 saturated carbocycles. The van der Waals surface area contributed by atoms with Gasteiger partial charge in [0.05, 0.1) is 16.2 Å². The highest BCUT2D eigenvalue weighted by Crippen LogP contribution is 2.39. The highest BCUT2D eigenvalue weighted by Gasteiger charge is 2.31. The molecule has 8 nitrogen and oxygen atoms in total. The zero-order valence-corrected chi connectivity index (χ0v) is 22.7. The maximum Gasteiger partial charge on any atom is 0.258 e. The average molecular weight is 532 g/mol. The van der Waals surface area contributed by atoms with Crippen LogP contribution in [-0.2, 0) is 14.8 Å². The minimum atomic E-state index is -3.72. The van der Waals surface area contributed by atoms with Gasteiger partial charge in [0.15, 0.2) is 0 Å². The van der Waals surface area contributed by atoms with Crippen molar-refractivity contribution in [2.75, 3.05) is 48.8 Å². The van der Waals surface area contributed by atoms with Gasteiger partial charge in [0, 0.05) is 61.9 Å². The van der Waals surface area contributed by atoms with E-state index in [1.165, 1.54) is 4.31 Å². The molecular formula is C29H33N5O3S. The number of anilines is 3.